The Kier molecular flexibility index (Phi) is 8.04. The Morgan fingerprint density at radius 3 is 2.00 bits per heavy atom. The first-order valence-electron chi connectivity index (χ1n) is 11.6. The minimum Gasteiger partial charge on any atom is -0.345 e. The van der Waals surface area contributed by atoms with Crippen LogP contribution in [0.2, 0.25) is 0 Å². The van der Waals surface area contributed by atoms with E-state index in [1.807, 2.05) is 78.9 Å². The van der Waals surface area contributed by atoms with E-state index in [0.29, 0.717) is 19.4 Å². The number of carbonyl (C=O) groups is 1. The summed E-state index contributed by atoms with van der Waals surface area (Å²) in [7, 11) is 0. The molecule has 0 aliphatic carbocycles. The van der Waals surface area contributed by atoms with Gasteiger partial charge in [-0.1, -0.05) is 91.0 Å². The van der Waals surface area contributed by atoms with Crippen LogP contribution in [-0.4, -0.2) is 27.9 Å². The van der Waals surface area contributed by atoms with E-state index in [1.54, 1.807) is 0 Å². The molecule has 0 saturated carbocycles. The van der Waals surface area contributed by atoms with Crippen molar-refractivity contribution in [2.75, 3.05) is 11.4 Å². The van der Waals surface area contributed by atoms with Crippen LogP contribution in [0.25, 0.3) is 0 Å². The first-order chi connectivity index (χ1) is 16.6. The summed E-state index contributed by atoms with van der Waals surface area (Å²) in [5, 5.41) is 4.09. The van der Waals surface area contributed by atoms with Crippen molar-refractivity contribution < 1.29 is 4.79 Å². The predicted molar refractivity (Wildman–Crippen MR) is 139 cm³/mol. The molecule has 1 aromatic heterocycles. The Morgan fingerprint density at radius 1 is 0.882 bits per heavy atom. The molecule has 174 valence electrons. The number of hydrogen-bond donors (Lipinski definition) is 1. The van der Waals surface area contributed by atoms with E-state index in [4.69, 9.17) is 4.98 Å². The van der Waals surface area contributed by atoms with Gasteiger partial charge in [0, 0.05) is 37.0 Å². The highest BCUT2D eigenvalue weighted by atomic mass is 32.1. The van der Waals surface area contributed by atoms with Crippen LogP contribution in [0.5, 0.6) is 0 Å². The van der Waals surface area contributed by atoms with Gasteiger partial charge in [-0.05, 0) is 30.5 Å². The lowest BCUT2D eigenvalue weighted by Crippen LogP contribution is -2.36. The van der Waals surface area contributed by atoms with Gasteiger partial charge in [-0.25, -0.2) is 4.98 Å². The second kappa shape index (κ2) is 11.6. The Hall–Kier alpha value is -3.51. The third-order valence-electron chi connectivity index (χ3n) is 5.68. The number of nitrogens with one attached hydrogen (secondary N) is 1. The van der Waals surface area contributed by atoms with Crippen molar-refractivity contribution in [1.82, 2.24) is 14.7 Å². The molecule has 3 aromatic carbocycles. The molecule has 1 N–H and O–H groups in total. The molecular formula is C28H30N4OS. The third kappa shape index (κ3) is 6.29. The quantitative estimate of drug-likeness (QED) is 0.326. The molecule has 0 saturated heterocycles. The van der Waals surface area contributed by atoms with Gasteiger partial charge in [0.05, 0.1) is 6.04 Å². The summed E-state index contributed by atoms with van der Waals surface area (Å²) < 4.78 is 4.56. The summed E-state index contributed by atoms with van der Waals surface area (Å²) in [6.07, 6.45) is 1.08. The van der Waals surface area contributed by atoms with Gasteiger partial charge < -0.3 is 10.2 Å². The maximum atomic E-state index is 13.0. The van der Waals surface area contributed by atoms with E-state index in [0.717, 1.165) is 22.1 Å². The topological polar surface area (TPSA) is 58.1 Å². The normalized spacial score (nSPS) is 11.1. The lowest BCUT2D eigenvalue weighted by Gasteiger charge is -2.26. The van der Waals surface area contributed by atoms with Crippen LogP contribution in [0.1, 0.15) is 48.8 Å². The fourth-order valence-electron chi connectivity index (χ4n) is 3.89. The molecule has 0 radical (unpaired) electrons. The third-order valence-corrected chi connectivity index (χ3v) is 6.47. The van der Waals surface area contributed by atoms with Crippen LogP contribution >= 0.6 is 11.5 Å². The van der Waals surface area contributed by atoms with E-state index in [1.165, 1.54) is 17.1 Å². The highest BCUT2D eigenvalue weighted by molar-refractivity contribution is 7.09. The minimum atomic E-state index is -0.179. The number of hydrogen-bond acceptors (Lipinski definition) is 5. The lowest BCUT2D eigenvalue weighted by atomic mass is 9.98. The van der Waals surface area contributed by atoms with Gasteiger partial charge in [-0.15, -0.1) is 0 Å². The van der Waals surface area contributed by atoms with Crippen molar-refractivity contribution in [2.24, 2.45) is 0 Å². The Balaban J connectivity index is 1.41. The fourth-order valence-corrected chi connectivity index (χ4v) is 4.74. The van der Waals surface area contributed by atoms with Crippen LogP contribution in [0.15, 0.2) is 91.0 Å². The Morgan fingerprint density at radius 2 is 1.44 bits per heavy atom. The van der Waals surface area contributed by atoms with Crippen molar-refractivity contribution in [3.63, 3.8) is 0 Å². The summed E-state index contributed by atoms with van der Waals surface area (Å²) >= 11 is 1.40. The van der Waals surface area contributed by atoms with Crippen LogP contribution in [0.4, 0.5) is 5.13 Å². The van der Waals surface area contributed by atoms with Gasteiger partial charge in [0.15, 0.2) is 0 Å². The van der Waals surface area contributed by atoms with Crippen LogP contribution in [-0.2, 0) is 11.2 Å². The van der Waals surface area contributed by atoms with Gasteiger partial charge in [0.1, 0.15) is 5.82 Å². The molecule has 0 bridgehead atoms. The van der Waals surface area contributed by atoms with Crippen LogP contribution in [0, 0.1) is 0 Å². The van der Waals surface area contributed by atoms with E-state index in [-0.39, 0.29) is 18.0 Å². The second-order valence-electron chi connectivity index (χ2n) is 8.51. The molecule has 4 aromatic rings. The molecule has 34 heavy (non-hydrogen) atoms. The number of carbonyl (C=O) groups excluding carboxylic acids is 1. The molecule has 5 nitrogen and oxygen atoms in total. The second-order valence-corrected chi connectivity index (χ2v) is 9.24. The SMILES string of the molecule is CC(C)N(CCC(=O)NC(c1ccccc1)c1ccccc1)c1nc(Cc2ccccc2)ns1. The molecule has 1 heterocycles. The molecule has 6 heteroatoms. The average molecular weight is 471 g/mol. The molecule has 1 amide bonds. The summed E-state index contributed by atoms with van der Waals surface area (Å²) in [5.74, 6) is 0.826. The van der Waals surface area contributed by atoms with Gasteiger partial charge in [-0.2, -0.15) is 4.37 Å². The number of rotatable bonds is 10. The zero-order valence-corrected chi connectivity index (χ0v) is 20.4. The van der Waals surface area contributed by atoms with Gasteiger partial charge >= 0.3 is 0 Å². The molecule has 0 unspecified atom stereocenters. The summed E-state index contributed by atoms with van der Waals surface area (Å²) in [4.78, 5) is 20.0. The minimum absolute atomic E-state index is 0.0115. The highest BCUT2D eigenvalue weighted by Crippen LogP contribution is 2.23. The molecule has 0 atom stereocenters. The number of benzene rings is 3. The van der Waals surface area contributed by atoms with Gasteiger partial charge in [-0.3, -0.25) is 4.79 Å². The average Bonchev–Trinajstić information content (AvgIpc) is 3.32. The summed E-state index contributed by atoms with van der Waals surface area (Å²) in [6.45, 7) is 4.82. The van der Waals surface area contributed by atoms with Crippen molar-refractivity contribution in [1.29, 1.82) is 0 Å². The van der Waals surface area contributed by atoms with Gasteiger partial charge in [0.2, 0.25) is 11.0 Å². The first kappa shape index (κ1) is 23.6. The number of anilines is 1. The van der Waals surface area contributed by atoms with Crippen molar-refractivity contribution in [3.8, 4) is 0 Å². The maximum Gasteiger partial charge on any atom is 0.222 e. The molecule has 0 aliphatic heterocycles. The lowest BCUT2D eigenvalue weighted by molar-refractivity contribution is -0.121. The van der Waals surface area contributed by atoms with Crippen molar-refractivity contribution >= 4 is 22.6 Å². The number of amides is 1. The predicted octanol–water partition coefficient (Wildman–Crippen LogP) is 5.64. The smallest absolute Gasteiger partial charge is 0.222 e. The van der Waals surface area contributed by atoms with Crippen LogP contribution < -0.4 is 10.2 Å². The highest BCUT2D eigenvalue weighted by Gasteiger charge is 2.20. The fraction of sp³-hybridized carbons (Fsp3) is 0.250. The largest absolute Gasteiger partial charge is 0.345 e. The van der Waals surface area contributed by atoms with E-state index >= 15 is 0 Å². The molecular weight excluding hydrogens is 440 g/mol. The zero-order chi connectivity index (χ0) is 23.8. The summed E-state index contributed by atoms with van der Waals surface area (Å²) in [6, 6.07) is 30.4. The first-order valence-corrected chi connectivity index (χ1v) is 12.4. The maximum absolute atomic E-state index is 13.0. The Bertz CT molecular complexity index is 1120. The van der Waals surface area contributed by atoms with Crippen LogP contribution in [0.3, 0.4) is 0 Å². The van der Waals surface area contributed by atoms with E-state index in [9.17, 15) is 4.79 Å². The monoisotopic (exact) mass is 470 g/mol. The molecule has 0 spiro atoms. The summed E-state index contributed by atoms with van der Waals surface area (Å²) in [5.41, 5.74) is 3.32. The number of nitrogens with zero attached hydrogens (tertiary/aromatic N) is 3. The van der Waals surface area contributed by atoms with E-state index in [2.05, 4.69) is 40.6 Å². The standard InChI is InChI=1S/C28H30N4OS/c1-21(2)32(28-29-25(31-34-28)20-22-12-6-3-7-13-22)19-18-26(33)30-27(23-14-8-4-9-15-23)24-16-10-5-11-17-24/h3-17,21,27H,18-20H2,1-2H3,(H,30,33). The zero-order valence-electron chi connectivity index (χ0n) is 19.6. The Labute approximate surface area is 205 Å². The van der Waals surface area contributed by atoms with E-state index < -0.39 is 0 Å². The van der Waals surface area contributed by atoms with Gasteiger partial charge in [0.25, 0.3) is 0 Å². The molecule has 0 aliphatic rings. The molecule has 4 rings (SSSR count). The van der Waals surface area contributed by atoms with Crippen molar-refractivity contribution in [2.45, 2.75) is 38.8 Å². The van der Waals surface area contributed by atoms with Crippen molar-refractivity contribution in [3.05, 3.63) is 114 Å². The number of aromatic nitrogens is 2. The molecule has 0 fully saturated rings.